The van der Waals surface area contributed by atoms with Crippen molar-refractivity contribution in [2.75, 3.05) is 13.1 Å². The van der Waals surface area contributed by atoms with Gasteiger partial charge in [0.05, 0.1) is 12.6 Å². The zero-order chi connectivity index (χ0) is 27.6. The Morgan fingerprint density at radius 3 is 2.42 bits per heavy atom. The third-order valence-corrected chi connectivity index (χ3v) is 6.51. The number of fused-ring (bicyclic) bond motifs is 1. The number of Topliss-reactive ketones (excluding diaryl/α,β-unsaturated/α-hetero) is 1. The van der Waals surface area contributed by atoms with Crippen LogP contribution < -0.4 is 10.1 Å². The number of ketones is 1. The molecule has 3 atom stereocenters. The van der Waals surface area contributed by atoms with Crippen molar-refractivity contribution in [2.45, 2.75) is 51.2 Å². The lowest BCUT2D eigenvalue weighted by molar-refractivity contribution is -0.274. The van der Waals surface area contributed by atoms with Crippen LogP contribution in [0.25, 0.3) is 0 Å². The van der Waals surface area contributed by atoms with E-state index in [0.717, 1.165) is 12.1 Å². The van der Waals surface area contributed by atoms with E-state index in [-0.39, 0.29) is 48.4 Å². The molecular formula is C26H27F3N4O5. The lowest BCUT2D eigenvalue weighted by atomic mass is 10.0. The molecule has 3 amide bonds. The molecule has 0 spiro atoms. The Morgan fingerprint density at radius 1 is 1.11 bits per heavy atom. The quantitative estimate of drug-likeness (QED) is 0.588. The van der Waals surface area contributed by atoms with E-state index in [4.69, 9.17) is 0 Å². The van der Waals surface area contributed by atoms with E-state index in [9.17, 15) is 32.3 Å². The SMILES string of the molecule is CC(C)CC(NC(=O)c1ccc(OC(F)(F)F)cc1)C(=O)N1CCC2C1C(=O)CN2C(=O)c1ccccn1. The first-order valence-corrected chi connectivity index (χ1v) is 12.2. The summed E-state index contributed by atoms with van der Waals surface area (Å²) in [4.78, 5) is 59.3. The number of likely N-dealkylation sites (tertiary alicyclic amines) is 2. The Balaban J connectivity index is 1.47. The van der Waals surface area contributed by atoms with Crippen molar-refractivity contribution in [3.8, 4) is 5.75 Å². The van der Waals surface area contributed by atoms with E-state index < -0.39 is 42.1 Å². The molecule has 38 heavy (non-hydrogen) atoms. The summed E-state index contributed by atoms with van der Waals surface area (Å²) in [6.07, 6.45) is -2.69. The van der Waals surface area contributed by atoms with Crippen LogP contribution in [0.5, 0.6) is 5.75 Å². The molecule has 1 aromatic carbocycles. The summed E-state index contributed by atoms with van der Waals surface area (Å²) in [6.45, 7) is 3.84. The lowest BCUT2D eigenvalue weighted by Crippen LogP contribution is -2.53. The topological polar surface area (TPSA) is 109 Å². The van der Waals surface area contributed by atoms with Crippen molar-refractivity contribution in [3.63, 3.8) is 0 Å². The molecule has 12 heteroatoms. The summed E-state index contributed by atoms with van der Waals surface area (Å²) in [5.74, 6) is -2.21. The van der Waals surface area contributed by atoms with Gasteiger partial charge < -0.3 is 19.9 Å². The normalized spacial score (nSPS) is 19.9. The van der Waals surface area contributed by atoms with Gasteiger partial charge in [-0.25, -0.2) is 0 Å². The maximum atomic E-state index is 13.6. The van der Waals surface area contributed by atoms with Crippen LogP contribution in [0.4, 0.5) is 13.2 Å². The van der Waals surface area contributed by atoms with Gasteiger partial charge in [-0.15, -0.1) is 13.2 Å². The van der Waals surface area contributed by atoms with Crippen molar-refractivity contribution in [1.82, 2.24) is 20.1 Å². The highest BCUT2D eigenvalue weighted by Crippen LogP contribution is 2.31. The number of halogens is 3. The average molecular weight is 533 g/mol. The van der Waals surface area contributed by atoms with Crippen molar-refractivity contribution >= 4 is 23.5 Å². The third-order valence-electron chi connectivity index (χ3n) is 6.51. The molecular weight excluding hydrogens is 505 g/mol. The highest BCUT2D eigenvalue weighted by molar-refractivity contribution is 6.03. The average Bonchev–Trinajstić information content (AvgIpc) is 3.44. The van der Waals surface area contributed by atoms with Gasteiger partial charge in [-0.05, 0) is 55.2 Å². The van der Waals surface area contributed by atoms with Crippen LogP contribution in [0.2, 0.25) is 0 Å². The molecule has 2 fully saturated rings. The zero-order valence-corrected chi connectivity index (χ0v) is 20.8. The van der Waals surface area contributed by atoms with Crippen LogP contribution in [0.3, 0.4) is 0 Å². The summed E-state index contributed by atoms with van der Waals surface area (Å²) in [5, 5.41) is 2.67. The first-order valence-electron chi connectivity index (χ1n) is 12.2. The number of carbonyl (C=O) groups is 4. The molecule has 0 saturated carbocycles. The molecule has 0 bridgehead atoms. The highest BCUT2D eigenvalue weighted by atomic mass is 19.4. The van der Waals surface area contributed by atoms with Crippen LogP contribution in [0.1, 0.15) is 47.5 Å². The number of rotatable bonds is 7. The smallest absolute Gasteiger partial charge is 0.406 e. The summed E-state index contributed by atoms with van der Waals surface area (Å²) >= 11 is 0. The van der Waals surface area contributed by atoms with Gasteiger partial charge in [0.1, 0.15) is 23.5 Å². The van der Waals surface area contributed by atoms with Gasteiger partial charge >= 0.3 is 6.36 Å². The molecule has 202 valence electrons. The minimum atomic E-state index is -4.86. The van der Waals surface area contributed by atoms with E-state index in [1.165, 1.54) is 28.1 Å². The minimum absolute atomic E-state index is 0.00622. The minimum Gasteiger partial charge on any atom is -0.406 e. The Bertz CT molecular complexity index is 1200. The van der Waals surface area contributed by atoms with Crippen LogP contribution in [-0.2, 0) is 9.59 Å². The molecule has 3 unspecified atom stereocenters. The fourth-order valence-electron chi connectivity index (χ4n) is 4.92. The standard InChI is InChI=1S/C26H27F3N4O5/c1-15(2)13-19(31-23(35)16-6-8-17(9-7-16)38-26(27,28)29)25(37)32-12-10-20-22(32)21(34)14-33(20)24(36)18-5-3-4-11-30-18/h3-9,11,15,19-20,22H,10,12-14H2,1-2H3,(H,31,35). The number of alkyl halides is 3. The molecule has 2 aromatic rings. The molecule has 1 N–H and O–H groups in total. The van der Waals surface area contributed by atoms with E-state index in [0.29, 0.717) is 6.42 Å². The molecule has 9 nitrogen and oxygen atoms in total. The van der Waals surface area contributed by atoms with Crippen LogP contribution in [0, 0.1) is 5.92 Å². The van der Waals surface area contributed by atoms with Gasteiger partial charge in [0.15, 0.2) is 5.78 Å². The van der Waals surface area contributed by atoms with Crippen molar-refractivity contribution in [1.29, 1.82) is 0 Å². The third kappa shape index (κ3) is 5.95. The number of aromatic nitrogens is 1. The zero-order valence-electron chi connectivity index (χ0n) is 20.8. The molecule has 1 aromatic heterocycles. The fraction of sp³-hybridized carbons (Fsp3) is 0.423. The number of hydrogen-bond donors (Lipinski definition) is 1. The second-order valence-corrected chi connectivity index (χ2v) is 9.67. The van der Waals surface area contributed by atoms with Crippen molar-refractivity contribution < 1.29 is 37.1 Å². The molecule has 2 saturated heterocycles. The number of carbonyl (C=O) groups excluding carboxylic acids is 4. The Labute approximate surface area is 216 Å². The summed E-state index contributed by atoms with van der Waals surface area (Å²) in [5.41, 5.74) is 0.256. The number of nitrogens with zero attached hydrogens (tertiary/aromatic N) is 3. The number of hydrogen-bond acceptors (Lipinski definition) is 6. The van der Waals surface area contributed by atoms with Gasteiger partial charge in [-0.1, -0.05) is 19.9 Å². The maximum Gasteiger partial charge on any atom is 0.573 e. The van der Waals surface area contributed by atoms with Crippen molar-refractivity contribution in [3.05, 3.63) is 59.9 Å². The maximum absolute atomic E-state index is 13.6. The van der Waals surface area contributed by atoms with Gasteiger partial charge in [-0.2, -0.15) is 0 Å². The first-order chi connectivity index (χ1) is 17.9. The summed E-state index contributed by atoms with van der Waals surface area (Å²) < 4.78 is 41.1. The summed E-state index contributed by atoms with van der Waals surface area (Å²) in [7, 11) is 0. The fourth-order valence-corrected chi connectivity index (χ4v) is 4.92. The highest BCUT2D eigenvalue weighted by Gasteiger charge is 2.52. The van der Waals surface area contributed by atoms with Gasteiger partial charge in [0, 0.05) is 18.3 Å². The molecule has 3 heterocycles. The Morgan fingerprint density at radius 2 is 1.82 bits per heavy atom. The number of pyridine rings is 1. The van der Waals surface area contributed by atoms with E-state index >= 15 is 0 Å². The molecule has 4 rings (SSSR count). The van der Waals surface area contributed by atoms with E-state index in [1.54, 1.807) is 18.2 Å². The molecule has 2 aliphatic rings. The van der Waals surface area contributed by atoms with Crippen LogP contribution in [-0.4, -0.2) is 75.9 Å². The molecule has 0 radical (unpaired) electrons. The van der Waals surface area contributed by atoms with Gasteiger partial charge in [0.2, 0.25) is 5.91 Å². The second kappa shape index (κ2) is 10.8. The Hall–Kier alpha value is -3.96. The lowest BCUT2D eigenvalue weighted by Gasteiger charge is -2.29. The molecule has 0 aliphatic carbocycles. The number of benzene rings is 1. The van der Waals surface area contributed by atoms with Gasteiger partial charge in [0.25, 0.3) is 11.8 Å². The number of ether oxygens (including phenoxy) is 1. The number of amides is 3. The predicted octanol–water partition coefficient (Wildman–Crippen LogP) is 2.82. The number of nitrogens with one attached hydrogen (secondary N) is 1. The largest absolute Gasteiger partial charge is 0.573 e. The second-order valence-electron chi connectivity index (χ2n) is 9.67. The Kier molecular flexibility index (Phi) is 7.70. The van der Waals surface area contributed by atoms with E-state index in [1.807, 2.05) is 13.8 Å². The molecule has 2 aliphatic heterocycles. The van der Waals surface area contributed by atoms with Crippen LogP contribution >= 0.6 is 0 Å². The van der Waals surface area contributed by atoms with Crippen molar-refractivity contribution in [2.24, 2.45) is 5.92 Å². The summed E-state index contributed by atoms with van der Waals surface area (Å²) in [6, 6.07) is 7.00. The predicted molar refractivity (Wildman–Crippen MR) is 128 cm³/mol. The van der Waals surface area contributed by atoms with Gasteiger partial charge in [-0.3, -0.25) is 24.2 Å². The first kappa shape index (κ1) is 27.1. The van der Waals surface area contributed by atoms with Crippen LogP contribution in [0.15, 0.2) is 48.7 Å². The van der Waals surface area contributed by atoms with E-state index in [2.05, 4.69) is 15.0 Å². The monoisotopic (exact) mass is 532 g/mol.